The van der Waals surface area contributed by atoms with Gasteiger partial charge in [-0.2, -0.15) is 0 Å². The van der Waals surface area contributed by atoms with Crippen LogP contribution in [-0.4, -0.2) is 28.4 Å². The van der Waals surface area contributed by atoms with Crippen LogP contribution in [-0.2, 0) is 0 Å². The first-order chi connectivity index (χ1) is 9.04. The number of hydrazine groups is 1. The summed E-state index contributed by atoms with van der Waals surface area (Å²) in [4.78, 5) is 18.8. The Hall–Kier alpha value is -1.62. The summed E-state index contributed by atoms with van der Waals surface area (Å²) in [5.41, 5.74) is 4.64. The smallest absolute Gasteiger partial charge is 0.257 e. The normalized spacial score (nSPS) is 19.0. The van der Waals surface area contributed by atoms with E-state index in [1.165, 1.54) is 0 Å². The van der Waals surface area contributed by atoms with Gasteiger partial charge < -0.3 is 10.3 Å². The van der Waals surface area contributed by atoms with Crippen LogP contribution in [0.15, 0.2) is 12.3 Å². The molecular formula is C14H22N4O. The summed E-state index contributed by atoms with van der Waals surface area (Å²) in [6, 6.07) is 2.12. The second kappa shape index (κ2) is 5.57. The highest BCUT2D eigenvalue weighted by atomic mass is 16.2. The molecule has 1 aliphatic rings. The van der Waals surface area contributed by atoms with Crippen LogP contribution in [0.1, 0.15) is 42.7 Å². The number of carbonyl (C=O) groups excluding carboxylic acids is 1. The van der Waals surface area contributed by atoms with Gasteiger partial charge >= 0.3 is 0 Å². The molecule has 19 heavy (non-hydrogen) atoms. The molecule has 0 bridgehead atoms. The molecule has 104 valence electrons. The number of amides is 1. The zero-order chi connectivity index (χ0) is 14.0. The summed E-state index contributed by atoms with van der Waals surface area (Å²) < 4.78 is 0. The third kappa shape index (κ3) is 2.71. The van der Waals surface area contributed by atoms with Crippen LogP contribution in [0.5, 0.6) is 0 Å². The highest BCUT2D eigenvalue weighted by molar-refractivity contribution is 5.99. The highest BCUT2D eigenvalue weighted by Gasteiger charge is 2.32. The van der Waals surface area contributed by atoms with E-state index < -0.39 is 0 Å². The van der Waals surface area contributed by atoms with Crippen LogP contribution in [0, 0.1) is 12.8 Å². The van der Waals surface area contributed by atoms with Crippen LogP contribution >= 0.6 is 0 Å². The number of nitrogens with zero attached hydrogens (tertiary/aromatic N) is 2. The van der Waals surface area contributed by atoms with Gasteiger partial charge in [-0.1, -0.05) is 13.8 Å². The molecule has 1 aliphatic heterocycles. The molecule has 0 radical (unpaired) electrons. The number of hydrogen-bond acceptors (Lipinski definition) is 4. The number of aromatic nitrogens is 1. The van der Waals surface area contributed by atoms with E-state index in [-0.39, 0.29) is 5.91 Å². The third-order valence-corrected chi connectivity index (χ3v) is 3.76. The maximum Gasteiger partial charge on any atom is 0.257 e. The monoisotopic (exact) mass is 262 g/mol. The number of aryl methyl sites for hydroxylation is 1. The number of pyridine rings is 1. The first-order valence-electron chi connectivity index (χ1n) is 6.78. The molecule has 0 aliphatic carbocycles. The summed E-state index contributed by atoms with van der Waals surface area (Å²) in [6.45, 7) is 7.01. The standard InChI is InChI=1S/C14H22N4O/c1-9(2)13-5-4-6-18(13)14(19)11-8-16-10(3)7-12(11)17-15/h7-9,13H,4-6,15H2,1-3H3,(H,16,17). The molecule has 0 aromatic carbocycles. The average molecular weight is 262 g/mol. The number of rotatable bonds is 3. The molecule has 0 spiro atoms. The Morgan fingerprint density at radius 2 is 2.32 bits per heavy atom. The molecule has 5 heteroatoms. The van der Waals surface area contributed by atoms with E-state index in [1.807, 2.05) is 11.8 Å². The largest absolute Gasteiger partial charge is 0.335 e. The Morgan fingerprint density at radius 1 is 1.58 bits per heavy atom. The topological polar surface area (TPSA) is 71.2 Å². The van der Waals surface area contributed by atoms with Crippen LogP contribution in [0.4, 0.5) is 5.69 Å². The summed E-state index contributed by atoms with van der Waals surface area (Å²) in [6.07, 6.45) is 3.76. The molecule has 0 saturated carbocycles. The van der Waals surface area contributed by atoms with Crippen molar-refractivity contribution in [1.29, 1.82) is 0 Å². The van der Waals surface area contributed by atoms with Crippen molar-refractivity contribution in [2.45, 2.75) is 39.7 Å². The molecule has 1 amide bonds. The third-order valence-electron chi connectivity index (χ3n) is 3.76. The zero-order valence-corrected chi connectivity index (χ0v) is 11.8. The molecule has 3 N–H and O–H groups in total. The summed E-state index contributed by atoms with van der Waals surface area (Å²) in [5.74, 6) is 6.00. The van der Waals surface area contributed by atoms with E-state index in [2.05, 4.69) is 24.3 Å². The fraction of sp³-hybridized carbons (Fsp3) is 0.571. The maximum atomic E-state index is 12.6. The number of likely N-dealkylation sites (tertiary alicyclic amines) is 1. The van der Waals surface area contributed by atoms with E-state index in [4.69, 9.17) is 5.84 Å². The Bertz CT molecular complexity index is 473. The number of carbonyl (C=O) groups is 1. The van der Waals surface area contributed by atoms with E-state index >= 15 is 0 Å². The average Bonchev–Trinajstić information content (AvgIpc) is 2.87. The Labute approximate surface area is 114 Å². The van der Waals surface area contributed by atoms with Crippen molar-refractivity contribution in [3.63, 3.8) is 0 Å². The lowest BCUT2D eigenvalue weighted by atomic mass is 10.0. The van der Waals surface area contributed by atoms with Crippen LogP contribution in [0.25, 0.3) is 0 Å². The number of nitrogens with one attached hydrogen (secondary N) is 1. The first-order valence-corrected chi connectivity index (χ1v) is 6.78. The molecule has 2 heterocycles. The van der Waals surface area contributed by atoms with Gasteiger partial charge in [0.25, 0.3) is 5.91 Å². The lowest BCUT2D eigenvalue weighted by molar-refractivity contribution is 0.0702. The van der Waals surface area contributed by atoms with Crippen molar-refractivity contribution in [3.8, 4) is 0 Å². The van der Waals surface area contributed by atoms with Gasteiger partial charge in [0.15, 0.2) is 0 Å². The minimum absolute atomic E-state index is 0.0247. The second-order valence-electron chi connectivity index (χ2n) is 5.47. The molecule has 1 atom stereocenters. The van der Waals surface area contributed by atoms with Crippen molar-refractivity contribution in [1.82, 2.24) is 9.88 Å². The fourth-order valence-corrected chi connectivity index (χ4v) is 2.74. The van der Waals surface area contributed by atoms with Crippen molar-refractivity contribution in [2.24, 2.45) is 11.8 Å². The number of nitrogen functional groups attached to an aromatic ring is 1. The maximum absolute atomic E-state index is 12.6. The van der Waals surface area contributed by atoms with Gasteiger partial charge in [-0.15, -0.1) is 0 Å². The van der Waals surface area contributed by atoms with Crippen LogP contribution in [0.2, 0.25) is 0 Å². The van der Waals surface area contributed by atoms with Gasteiger partial charge in [-0.05, 0) is 31.7 Å². The molecule has 1 aromatic heterocycles. The van der Waals surface area contributed by atoms with E-state index in [0.29, 0.717) is 23.2 Å². The van der Waals surface area contributed by atoms with E-state index in [9.17, 15) is 4.79 Å². The van der Waals surface area contributed by atoms with Crippen LogP contribution in [0.3, 0.4) is 0 Å². The lowest BCUT2D eigenvalue weighted by Crippen LogP contribution is -2.39. The minimum Gasteiger partial charge on any atom is -0.335 e. The van der Waals surface area contributed by atoms with E-state index in [1.54, 1.807) is 12.3 Å². The molecule has 1 saturated heterocycles. The zero-order valence-electron chi connectivity index (χ0n) is 11.8. The van der Waals surface area contributed by atoms with Gasteiger partial charge in [0, 0.05) is 24.5 Å². The SMILES string of the molecule is Cc1cc(NN)c(C(=O)N2CCCC2C(C)C)cn1. The van der Waals surface area contributed by atoms with E-state index in [0.717, 1.165) is 25.1 Å². The Kier molecular flexibility index (Phi) is 4.04. The number of anilines is 1. The molecule has 1 fully saturated rings. The van der Waals surface area contributed by atoms with Crippen molar-refractivity contribution in [2.75, 3.05) is 12.0 Å². The van der Waals surface area contributed by atoms with Gasteiger partial charge in [0.05, 0.1) is 11.3 Å². The molecule has 1 unspecified atom stereocenters. The lowest BCUT2D eigenvalue weighted by Gasteiger charge is -2.28. The first kappa shape index (κ1) is 13.8. The Morgan fingerprint density at radius 3 is 2.95 bits per heavy atom. The van der Waals surface area contributed by atoms with Crippen molar-refractivity contribution >= 4 is 11.6 Å². The summed E-state index contributed by atoms with van der Waals surface area (Å²) >= 11 is 0. The van der Waals surface area contributed by atoms with Crippen molar-refractivity contribution < 1.29 is 4.79 Å². The van der Waals surface area contributed by atoms with Gasteiger partial charge in [0.2, 0.25) is 0 Å². The van der Waals surface area contributed by atoms with Crippen molar-refractivity contribution in [3.05, 3.63) is 23.5 Å². The predicted octanol–water partition coefficient (Wildman–Crippen LogP) is 1.94. The molecular weight excluding hydrogens is 240 g/mol. The van der Waals surface area contributed by atoms with Gasteiger partial charge in [-0.25, -0.2) is 0 Å². The summed E-state index contributed by atoms with van der Waals surface area (Å²) in [5, 5.41) is 0. The molecule has 1 aromatic rings. The predicted molar refractivity (Wildman–Crippen MR) is 75.7 cm³/mol. The van der Waals surface area contributed by atoms with Crippen LogP contribution < -0.4 is 11.3 Å². The molecule has 5 nitrogen and oxygen atoms in total. The minimum atomic E-state index is 0.0247. The Balaban J connectivity index is 2.29. The van der Waals surface area contributed by atoms with Gasteiger partial charge in [-0.3, -0.25) is 15.6 Å². The highest BCUT2D eigenvalue weighted by Crippen LogP contribution is 2.27. The number of hydrogen-bond donors (Lipinski definition) is 2. The molecule has 2 rings (SSSR count). The second-order valence-corrected chi connectivity index (χ2v) is 5.47. The van der Waals surface area contributed by atoms with Gasteiger partial charge in [0.1, 0.15) is 0 Å². The number of nitrogens with two attached hydrogens (primary N) is 1. The fourth-order valence-electron chi connectivity index (χ4n) is 2.74. The summed E-state index contributed by atoms with van der Waals surface area (Å²) in [7, 11) is 0. The quantitative estimate of drug-likeness (QED) is 0.645.